The molecule has 5 nitrogen and oxygen atoms in total. The van der Waals surface area contributed by atoms with Gasteiger partial charge in [-0.3, -0.25) is 4.90 Å². The number of benzene rings is 3. The number of nitrogens with zero attached hydrogens (tertiary/aromatic N) is 1. The van der Waals surface area contributed by atoms with E-state index in [1.807, 2.05) is 54.6 Å². The lowest BCUT2D eigenvalue weighted by Crippen LogP contribution is -2.43. The fraction of sp³-hybridized carbons (Fsp3) is 0.333. The monoisotopic (exact) mass is 432 g/mol. The average molecular weight is 433 g/mol. The number of hydrogen-bond donors (Lipinski definition) is 2. The normalized spacial score (nSPS) is 23.4. The SMILES string of the molecule is CC1C(CN(C)Cc2ccccc2)OC(c2cccc(N)c2)OC1c1ccc(CO)cc1. The summed E-state index contributed by atoms with van der Waals surface area (Å²) in [5.74, 6) is 0.144. The Labute approximate surface area is 190 Å². The number of ether oxygens (including phenoxy) is 2. The number of nitrogens with two attached hydrogens (primary N) is 1. The first kappa shape index (κ1) is 22.5. The number of aliphatic hydroxyl groups excluding tert-OH is 1. The van der Waals surface area contributed by atoms with Crippen LogP contribution in [0.5, 0.6) is 0 Å². The quantitative estimate of drug-likeness (QED) is 0.531. The van der Waals surface area contributed by atoms with Crippen LogP contribution in [-0.2, 0) is 22.6 Å². The van der Waals surface area contributed by atoms with Crippen molar-refractivity contribution in [2.75, 3.05) is 19.3 Å². The first-order valence-electron chi connectivity index (χ1n) is 11.1. The Balaban J connectivity index is 1.57. The third-order valence-corrected chi connectivity index (χ3v) is 6.09. The molecule has 0 aromatic heterocycles. The zero-order valence-corrected chi connectivity index (χ0v) is 18.7. The Morgan fingerprint density at radius 3 is 2.31 bits per heavy atom. The van der Waals surface area contributed by atoms with Gasteiger partial charge in [-0.05, 0) is 35.9 Å². The van der Waals surface area contributed by atoms with Crippen LogP contribution in [0, 0.1) is 5.92 Å². The molecule has 4 rings (SSSR count). The molecular weight excluding hydrogens is 400 g/mol. The van der Waals surface area contributed by atoms with Crippen LogP contribution < -0.4 is 5.73 Å². The van der Waals surface area contributed by atoms with Crippen molar-refractivity contribution in [3.8, 4) is 0 Å². The van der Waals surface area contributed by atoms with Crippen molar-refractivity contribution < 1.29 is 14.6 Å². The van der Waals surface area contributed by atoms with Gasteiger partial charge in [-0.2, -0.15) is 0 Å². The van der Waals surface area contributed by atoms with Crippen LogP contribution in [0.1, 0.15) is 41.6 Å². The van der Waals surface area contributed by atoms with E-state index in [0.29, 0.717) is 5.69 Å². The second-order valence-electron chi connectivity index (χ2n) is 8.67. The van der Waals surface area contributed by atoms with Crippen molar-refractivity contribution in [3.63, 3.8) is 0 Å². The van der Waals surface area contributed by atoms with E-state index in [-0.39, 0.29) is 24.7 Å². The lowest BCUT2D eigenvalue weighted by molar-refractivity contribution is -0.276. The smallest absolute Gasteiger partial charge is 0.185 e. The van der Waals surface area contributed by atoms with Gasteiger partial charge in [0.15, 0.2) is 6.29 Å². The number of hydrogen-bond acceptors (Lipinski definition) is 5. The fourth-order valence-electron chi connectivity index (χ4n) is 4.30. The molecule has 1 heterocycles. The zero-order valence-electron chi connectivity index (χ0n) is 18.7. The number of nitrogen functional groups attached to an aromatic ring is 1. The molecule has 3 aromatic rings. The Hall–Kier alpha value is -2.70. The van der Waals surface area contributed by atoms with E-state index in [1.165, 1.54) is 5.56 Å². The highest BCUT2D eigenvalue weighted by Crippen LogP contribution is 2.42. The number of likely N-dealkylation sites (N-methyl/N-ethyl adjacent to an activating group) is 1. The van der Waals surface area contributed by atoms with Gasteiger partial charge in [-0.1, -0.05) is 73.7 Å². The third kappa shape index (κ3) is 5.37. The predicted molar refractivity (Wildman–Crippen MR) is 127 cm³/mol. The Morgan fingerprint density at radius 1 is 0.875 bits per heavy atom. The van der Waals surface area contributed by atoms with Gasteiger partial charge in [0.05, 0.1) is 18.8 Å². The topological polar surface area (TPSA) is 68.0 Å². The van der Waals surface area contributed by atoms with Crippen molar-refractivity contribution in [2.24, 2.45) is 5.92 Å². The molecule has 0 saturated carbocycles. The van der Waals surface area contributed by atoms with Gasteiger partial charge in [0, 0.05) is 30.3 Å². The van der Waals surface area contributed by atoms with Gasteiger partial charge >= 0.3 is 0 Å². The van der Waals surface area contributed by atoms with E-state index in [1.54, 1.807) is 0 Å². The van der Waals surface area contributed by atoms with Gasteiger partial charge in [-0.15, -0.1) is 0 Å². The van der Waals surface area contributed by atoms with Crippen molar-refractivity contribution in [1.29, 1.82) is 0 Å². The van der Waals surface area contributed by atoms with Crippen molar-refractivity contribution >= 4 is 5.69 Å². The number of aliphatic hydroxyl groups is 1. The predicted octanol–water partition coefficient (Wildman–Crippen LogP) is 4.68. The average Bonchev–Trinajstić information content (AvgIpc) is 2.81. The molecule has 1 aliphatic rings. The van der Waals surface area contributed by atoms with E-state index in [2.05, 4.69) is 43.1 Å². The second-order valence-corrected chi connectivity index (χ2v) is 8.67. The van der Waals surface area contributed by atoms with E-state index >= 15 is 0 Å². The first-order valence-corrected chi connectivity index (χ1v) is 11.1. The van der Waals surface area contributed by atoms with Crippen molar-refractivity contribution in [3.05, 3.63) is 101 Å². The summed E-state index contributed by atoms with van der Waals surface area (Å²) in [7, 11) is 2.12. The van der Waals surface area contributed by atoms with Gasteiger partial charge in [0.1, 0.15) is 0 Å². The molecule has 0 amide bonds. The summed E-state index contributed by atoms with van der Waals surface area (Å²) < 4.78 is 13.0. The Morgan fingerprint density at radius 2 is 1.62 bits per heavy atom. The Kier molecular flexibility index (Phi) is 7.22. The van der Waals surface area contributed by atoms with Gasteiger partial charge in [-0.25, -0.2) is 0 Å². The van der Waals surface area contributed by atoms with E-state index in [0.717, 1.165) is 29.8 Å². The molecule has 168 valence electrons. The molecule has 1 fully saturated rings. The molecular formula is C27H32N2O3. The number of rotatable bonds is 7. The van der Waals surface area contributed by atoms with Crippen LogP contribution in [0.3, 0.4) is 0 Å². The molecule has 1 aliphatic heterocycles. The standard InChI is InChI=1S/C27H32N2O3/c1-19-25(17-29(2)16-20-7-4-3-5-8-20)31-27(23-9-6-10-24(28)15-23)32-26(19)22-13-11-21(18-30)12-14-22/h3-15,19,25-27,30H,16-18,28H2,1-2H3. The highest BCUT2D eigenvalue weighted by molar-refractivity contribution is 5.41. The molecule has 3 aromatic carbocycles. The minimum absolute atomic E-state index is 0.0218. The lowest BCUT2D eigenvalue weighted by Gasteiger charge is -2.42. The molecule has 0 bridgehead atoms. The van der Waals surface area contributed by atoms with E-state index in [9.17, 15) is 5.11 Å². The summed E-state index contributed by atoms with van der Waals surface area (Å²) in [6.45, 7) is 3.85. The molecule has 1 saturated heterocycles. The molecule has 5 heteroatoms. The highest BCUT2D eigenvalue weighted by atomic mass is 16.7. The van der Waals surface area contributed by atoms with E-state index in [4.69, 9.17) is 15.2 Å². The van der Waals surface area contributed by atoms with Crippen molar-refractivity contribution in [2.45, 2.75) is 38.6 Å². The van der Waals surface area contributed by atoms with Crippen LogP contribution in [0.4, 0.5) is 5.69 Å². The summed E-state index contributed by atoms with van der Waals surface area (Å²) in [5.41, 5.74) is 10.9. The largest absolute Gasteiger partial charge is 0.399 e. The number of anilines is 1. The van der Waals surface area contributed by atoms with E-state index < -0.39 is 6.29 Å². The van der Waals surface area contributed by atoms with Crippen LogP contribution in [-0.4, -0.2) is 29.7 Å². The molecule has 3 N–H and O–H groups in total. The van der Waals surface area contributed by atoms with Gasteiger partial charge in [0.25, 0.3) is 0 Å². The summed E-state index contributed by atoms with van der Waals surface area (Å²) in [4.78, 5) is 2.30. The molecule has 0 radical (unpaired) electrons. The summed E-state index contributed by atoms with van der Waals surface area (Å²) >= 11 is 0. The first-order chi connectivity index (χ1) is 15.5. The van der Waals surface area contributed by atoms with Crippen LogP contribution in [0.25, 0.3) is 0 Å². The van der Waals surface area contributed by atoms with Crippen LogP contribution >= 0.6 is 0 Å². The minimum Gasteiger partial charge on any atom is -0.399 e. The maximum Gasteiger partial charge on any atom is 0.185 e. The maximum absolute atomic E-state index is 9.40. The maximum atomic E-state index is 9.40. The van der Waals surface area contributed by atoms with Crippen LogP contribution in [0.15, 0.2) is 78.9 Å². The Bertz CT molecular complexity index is 993. The lowest BCUT2D eigenvalue weighted by atomic mass is 9.90. The summed E-state index contributed by atoms with van der Waals surface area (Å²) in [6.07, 6.45) is -0.642. The molecule has 0 spiro atoms. The fourth-order valence-corrected chi connectivity index (χ4v) is 4.30. The van der Waals surface area contributed by atoms with Crippen molar-refractivity contribution in [1.82, 2.24) is 4.90 Å². The minimum atomic E-state index is -0.493. The summed E-state index contributed by atoms with van der Waals surface area (Å²) in [5, 5.41) is 9.40. The zero-order chi connectivity index (χ0) is 22.5. The van der Waals surface area contributed by atoms with Gasteiger partial charge < -0.3 is 20.3 Å². The highest BCUT2D eigenvalue weighted by Gasteiger charge is 2.38. The second kappa shape index (κ2) is 10.3. The van der Waals surface area contributed by atoms with Crippen LogP contribution in [0.2, 0.25) is 0 Å². The third-order valence-electron chi connectivity index (χ3n) is 6.09. The summed E-state index contributed by atoms with van der Waals surface area (Å²) in [6, 6.07) is 26.1. The molecule has 4 unspecified atom stereocenters. The molecule has 32 heavy (non-hydrogen) atoms. The van der Waals surface area contributed by atoms with Gasteiger partial charge in [0.2, 0.25) is 0 Å². The molecule has 0 aliphatic carbocycles. The molecule has 4 atom stereocenters.